The number of imide groups is 1. The third-order valence-corrected chi connectivity index (χ3v) is 8.16. The van der Waals surface area contributed by atoms with Gasteiger partial charge in [-0.2, -0.15) is 0 Å². The van der Waals surface area contributed by atoms with E-state index >= 15 is 0 Å². The lowest BCUT2D eigenvalue weighted by molar-refractivity contribution is -0.226. The van der Waals surface area contributed by atoms with Crippen molar-refractivity contribution in [3.63, 3.8) is 0 Å². The third kappa shape index (κ3) is 6.90. The van der Waals surface area contributed by atoms with Gasteiger partial charge in [-0.25, -0.2) is 0 Å². The number of likely N-dealkylation sites (tertiary alicyclic amines) is 1. The molecule has 1 aliphatic carbocycles. The van der Waals surface area contributed by atoms with E-state index in [2.05, 4.69) is 5.32 Å². The van der Waals surface area contributed by atoms with E-state index in [4.69, 9.17) is 23.7 Å². The average molecular weight is 543 g/mol. The van der Waals surface area contributed by atoms with E-state index in [0.29, 0.717) is 78.0 Å². The summed E-state index contributed by atoms with van der Waals surface area (Å²) in [5, 5.41) is 23.7. The van der Waals surface area contributed by atoms with Crippen molar-refractivity contribution in [2.75, 3.05) is 59.4 Å². The average Bonchev–Trinajstić information content (AvgIpc) is 3.37. The maximum Gasteiger partial charge on any atom is 0.233 e. The second-order valence-electron chi connectivity index (χ2n) is 10.7. The van der Waals surface area contributed by atoms with E-state index in [1.54, 1.807) is 0 Å². The Morgan fingerprint density at radius 3 is 2.24 bits per heavy atom. The molecule has 4 rings (SSSR count). The van der Waals surface area contributed by atoms with Gasteiger partial charge in [-0.05, 0) is 31.6 Å². The number of ether oxygens (including phenoxy) is 5. The van der Waals surface area contributed by atoms with Gasteiger partial charge in [0.2, 0.25) is 17.7 Å². The molecule has 3 amide bonds. The molecule has 0 spiro atoms. The first kappa shape index (κ1) is 29.3. The molecule has 0 radical (unpaired) electrons. The molecule has 4 aliphatic rings. The highest BCUT2D eigenvalue weighted by molar-refractivity contribution is 6.03. The number of fused-ring (bicyclic) bond motifs is 2. The Labute approximate surface area is 223 Å². The number of rotatable bonds is 16. The number of carbonyl (C=O) groups is 3. The Bertz CT molecular complexity index is 824. The Kier molecular flexibility index (Phi) is 10.5. The van der Waals surface area contributed by atoms with Gasteiger partial charge in [0.15, 0.2) is 0 Å². The van der Waals surface area contributed by atoms with Gasteiger partial charge < -0.3 is 39.2 Å². The first-order valence-corrected chi connectivity index (χ1v) is 13.8. The Balaban J connectivity index is 0.974. The van der Waals surface area contributed by atoms with Crippen molar-refractivity contribution in [1.29, 1.82) is 0 Å². The maximum absolute atomic E-state index is 12.4. The molecule has 3 aliphatic heterocycles. The zero-order valence-electron chi connectivity index (χ0n) is 22.2. The van der Waals surface area contributed by atoms with Gasteiger partial charge in [0.05, 0.1) is 77.5 Å². The standard InChI is InChI=1S/C26H42N2O10/c1-17(29)27-22-20-5-6-26(38-20,24(32)23(22)31)16-37-14-13-36-12-11-35-10-9-34-8-7-28-21(30)15-19(25(28)33)18-3-2-4-18/h18-20,22-24,31-32H,2-16H2,1H3,(H,27,29)/t19?,20-,22-,23-,24-,26-/m1/s1. The van der Waals surface area contributed by atoms with E-state index in [1.165, 1.54) is 11.8 Å². The predicted molar refractivity (Wildman–Crippen MR) is 132 cm³/mol. The van der Waals surface area contributed by atoms with Crippen molar-refractivity contribution >= 4 is 17.7 Å². The highest BCUT2D eigenvalue weighted by atomic mass is 16.6. The van der Waals surface area contributed by atoms with Crippen LogP contribution in [-0.4, -0.2) is 122 Å². The molecule has 3 saturated heterocycles. The predicted octanol–water partition coefficient (Wildman–Crippen LogP) is -0.614. The summed E-state index contributed by atoms with van der Waals surface area (Å²) in [6.45, 7) is 4.25. The number of hydrogen-bond acceptors (Lipinski definition) is 10. The molecule has 6 atom stereocenters. The summed E-state index contributed by atoms with van der Waals surface area (Å²) in [6.07, 6.45) is 2.13. The van der Waals surface area contributed by atoms with Gasteiger partial charge in [-0.3, -0.25) is 19.3 Å². The molecule has 3 heterocycles. The molecule has 2 bridgehead atoms. The van der Waals surface area contributed by atoms with Crippen molar-refractivity contribution in [2.45, 2.75) is 75.4 Å². The number of aliphatic hydroxyl groups excluding tert-OH is 2. The minimum Gasteiger partial charge on any atom is -0.388 e. The van der Waals surface area contributed by atoms with Gasteiger partial charge in [-0.1, -0.05) is 6.42 Å². The van der Waals surface area contributed by atoms with E-state index < -0.39 is 23.9 Å². The van der Waals surface area contributed by atoms with E-state index in [0.717, 1.165) is 19.3 Å². The smallest absolute Gasteiger partial charge is 0.233 e. The number of nitrogens with zero attached hydrogens (tertiary/aromatic N) is 1. The highest BCUT2D eigenvalue weighted by Crippen LogP contribution is 2.42. The van der Waals surface area contributed by atoms with Gasteiger partial charge >= 0.3 is 0 Å². The van der Waals surface area contributed by atoms with Gasteiger partial charge in [0, 0.05) is 13.3 Å². The molecule has 3 N–H and O–H groups in total. The molecule has 12 heteroatoms. The molecule has 12 nitrogen and oxygen atoms in total. The van der Waals surface area contributed by atoms with Gasteiger partial charge in [-0.15, -0.1) is 0 Å². The molecule has 4 fully saturated rings. The van der Waals surface area contributed by atoms with Gasteiger partial charge in [0.1, 0.15) is 17.8 Å². The maximum atomic E-state index is 12.4. The lowest BCUT2D eigenvalue weighted by atomic mass is 9.75. The van der Waals surface area contributed by atoms with Crippen LogP contribution in [-0.2, 0) is 38.1 Å². The first-order valence-electron chi connectivity index (χ1n) is 13.8. The van der Waals surface area contributed by atoms with Crippen molar-refractivity contribution in [3.05, 3.63) is 0 Å². The summed E-state index contributed by atoms with van der Waals surface area (Å²) in [6, 6.07) is -0.630. The number of aliphatic hydroxyl groups is 2. The monoisotopic (exact) mass is 542 g/mol. The molecule has 1 unspecified atom stereocenters. The minimum absolute atomic E-state index is 0.0385. The summed E-state index contributed by atoms with van der Waals surface area (Å²) in [5.74, 6) is -0.144. The molecule has 0 aromatic rings. The first-order chi connectivity index (χ1) is 18.3. The van der Waals surface area contributed by atoms with Crippen LogP contribution in [0.15, 0.2) is 0 Å². The zero-order valence-corrected chi connectivity index (χ0v) is 22.2. The van der Waals surface area contributed by atoms with Gasteiger partial charge in [0.25, 0.3) is 0 Å². The van der Waals surface area contributed by atoms with Crippen molar-refractivity contribution in [1.82, 2.24) is 10.2 Å². The van der Waals surface area contributed by atoms with Crippen LogP contribution in [0.2, 0.25) is 0 Å². The minimum atomic E-state index is -1.16. The van der Waals surface area contributed by atoms with Crippen LogP contribution in [0.5, 0.6) is 0 Å². The Morgan fingerprint density at radius 1 is 1.00 bits per heavy atom. The molecule has 38 heavy (non-hydrogen) atoms. The molecule has 1 saturated carbocycles. The lowest BCUT2D eigenvalue weighted by Crippen LogP contribution is -2.65. The summed E-state index contributed by atoms with van der Waals surface area (Å²) in [5.41, 5.74) is -0.976. The summed E-state index contributed by atoms with van der Waals surface area (Å²) >= 11 is 0. The quantitative estimate of drug-likeness (QED) is 0.170. The SMILES string of the molecule is CC(=O)N[C@H]1[C@@H](O)[C@@H](O)[C@]2(COCCOCCOCCOCCN3C(=O)CC(C4CCC4)C3=O)CC[C@H]1O2. The third-order valence-electron chi connectivity index (χ3n) is 8.16. The van der Waals surface area contributed by atoms with Crippen LogP contribution in [0.4, 0.5) is 0 Å². The fourth-order valence-corrected chi connectivity index (χ4v) is 5.82. The number of hydrogen-bond donors (Lipinski definition) is 3. The molecular formula is C26H42N2O10. The fraction of sp³-hybridized carbons (Fsp3) is 0.885. The molecule has 0 aromatic heterocycles. The van der Waals surface area contributed by atoms with Crippen LogP contribution in [0.1, 0.15) is 45.4 Å². The van der Waals surface area contributed by atoms with Crippen LogP contribution < -0.4 is 5.32 Å². The topological polar surface area (TPSA) is 153 Å². The Morgan fingerprint density at radius 2 is 1.63 bits per heavy atom. The number of carbonyl (C=O) groups excluding carboxylic acids is 3. The summed E-state index contributed by atoms with van der Waals surface area (Å²) in [4.78, 5) is 37.3. The van der Waals surface area contributed by atoms with E-state index in [1.807, 2.05) is 0 Å². The van der Waals surface area contributed by atoms with Crippen molar-refractivity contribution in [3.8, 4) is 0 Å². The summed E-state index contributed by atoms with van der Waals surface area (Å²) < 4.78 is 28.1. The lowest BCUT2D eigenvalue weighted by Gasteiger charge is -2.44. The number of amides is 3. The van der Waals surface area contributed by atoms with E-state index in [-0.39, 0.29) is 36.4 Å². The second kappa shape index (κ2) is 13.6. The fourth-order valence-electron chi connectivity index (χ4n) is 5.82. The van der Waals surface area contributed by atoms with Crippen molar-refractivity contribution < 1.29 is 48.3 Å². The second-order valence-corrected chi connectivity index (χ2v) is 10.7. The molecular weight excluding hydrogens is 500 g/mol. The van der Waals surface area contributed by atoms with E-state index in [9.17, 15) is 24.6 Å². The normalized spacial score (nSPS) is 33.1. The largest absolute Gasteiger partial charge is 0.388 e. The van der Waals surface area contributed by atoms with Crippen LogP contribution in [0, 0.1) is 11.8 Å². The summed E-state index contributed by atoms with van der Waals surface area (Å²) in [7, 11) is 0. The highest BCUT2D eigenvalue weighted by Gasteiger charge is 2.58. The van der Waals surface area contributed by atoms with Crippen LogP contribution in [0.25, 0.3) is 0 Å². The van der Waals surface area contributed by atoms with Crippen LogP contribution in [0.3, 0.4) is 0 Å². The molecule has 216 valence electrons. The Hall–Kier alpha value is -1.67. The zero-order chi connectivity index (χ0) is 27.1. The molecule has 0 aromatic carbocycles. The number of nitrogens with one attached hydrogen (secondary N) is 1. The van der Waals surface area contributed by atoms with Crippen LogP contribution >= 0.6 is 0 Å². The van der Waals surface area contributed by atoms with Crippen molar-refractivity contribution in [2.24, 2.45) is 11.8 Å².